The maximum Gasteiger partial charge on any atom is 0.105 e. The molecule has 0 heterocycles. The largest absolute Gasteiger partial charge is 0.738 e. The van der Waals surface area contributed by atoms with Crippen LogP contribution in [0.3, 0.4) is 0 Å². The summed E-state index contributed by atoms with van der Waals surface area (Å²) in [4.78, 5) is 4.66. The van der Waals surface area contributed by atoms with Gasteiger partial charge in [0.1, 0.15) is 6.10 Å². The highest BCUT2D eigenvalue weighted by molar-refractivity contribution is 5.23. The first kappa shape index (κ1) is 11.1. The monoisotopic (exact) mass is 196 g/mol. The smallest absolute Gasteiger partial charge is 0.105 e. The molecule has 0 bridgehead atoms. The van der Waals surface area contributed by atoms with Gasteiger partial charge in [-0.15, -0.1) is 5.39 Å². The second kappa shape index (κ2) is 5.07. The van der Waals surface area contributed by atoms with E-state index in [9.17, 15) is 5.21 Å². The van der Waals surface area contributed by atoms with Gasteiger partial charge in [-0.25, -0.2) is 0 Å². The lowest BCUT2D eigenvalue weighted by molar-refractivity contribution is -0.331. The molecule has 1 aromatic rings. The molecule has 1 N–H and O–H groups in total. The Labute approximate surface area is 83.2 Å². The quantitative estimate of drug-likeness (QED) is 0.752. The Bertz CT molecular complexity index is 271. The molecule has 0 fully saturated rings. The number of nitrogens with zero attached hydrogens (tertiary/aromatic N) is 1. The Morgan fingerprint density at radius 3 is 2.43 bits per heavy atom. The molecule has 0 spiro atoms. The Morgan fingerprint density at radius 1 is 1.43 bits per heavy atom. The molecule has 0 saturated carbocycles. The highest BCUT2D eigenvalue weighted by atomic mass is 17.1. The SMILES string of the molecule is CCC(ON([O-])O)c1ccc(C)cc1. The summed E-state index contributed by atoms with van der Waals surface area (Å²) in [5.41, 5.74) is 2.03. The summed E-state index contributed by atoms with van der Waals surface area (Å²) >= 11 is 0. The van der Waals surface area contributed by atoms with Gasteiger partial charge in [0, 0.05) is 0 Å². The van der Waals surface area contributed by atoms with Crippen LogP contribution in [0.1, 0.15) is 30.6 Å². The average Bonchev–Trinajstić information content (AvgIpc) is 2.15. The molecule has 1 unspecified atom stereocenters. The maximum absolute atomic E-state index is 10.3. The fourth-order valence-corrected chi connectivity index (χ4v) is 1.26. The van der Waals surface area contributed by atoms with Crippen molar-refractivity contribution in [1.82, 2.24) is 5.39 Å². The third-order valence-corrected chi connectivity index (χ3v) is 2.04. The van der Waals surface area contributed by atoms with Crippen molar-refractivity contribution in [3.05, 3.63) is 40.6 Å². The predicted octanol–water partition coefficient (Wildman–Crippen LogP) is 2.57. The summed E-state index contributed by atoms with van der Waals surface area (Å²) in [6, 6.07) is 7.64. The minimum absolute atomic E-state index is 0.391. The third kappa shape index (κ3) is 3.08. The third-order valence-electron chi connectivity index (χ3n) is 2.04. The molecule has 0 saturated heterocycles. The Hall–Kier alpha value is -0.940. The van der Waals surface area contributed by atoms with Crippen LogP contribution in [0.5, 0.6) is 0 Å². The fraction of sp³-hybridized carbons (Fsp3) is 0.400. The van der Waals surface area contributed by atoms with Crippen molar-refractivity contribution in [2.24, 2.45) is 0 Å². The van der Waals surface area contributed by atoms with Crippen LogP contribution in [0.4, 0.5) is 0 Å². The minimum atomic E-state index is -0.492. The molecule has 1 aromatic carbocycles. The molecular formula is C10H14NO3-. The van der Waals surface area contributed by atoms with Gasteiger partial charge in [-0.2, -0.15) is 0 Å². The van der Waals surface area contributed by atoms with Crippen molar-refractivity contribution >= 4 is 0 Å². The van der Waals surface area contributed by atoms with E-state index < -0.39 is 11.5 Å². The van der Waals surface area contributed by atoms with Crippen molar-refractivity contribution in [1.29, 1.82) is 0 Å². The molecule has 0 aliphatic rings. The van der Waals surface area contributed by atoms with Gasteiger partial charge in [-0.3, -0.25) is 4.84 Å². The van der Waals surface area contributed by atoms with Crippen LogP contribution in [-0.2, 0) is 4.84 Å². The van der Waals surface area contributed by atoms with Gasteiger partial charge in [-0.1, -0.05) is 36.8 Å². The van der Waals surface area contributed by atoms with E-state index in [1.807, 2.05) is 38.1 Å². The van der Waals surface area contributed by atoms with Crippen LogP contribution in [0.2, 0.25) is 0 Å². The van der Waals surface area contributed by atoms with Crippen LogP contribution in [0.15, 0.2) is 24.3 Å². The second-order valence-corrected chi connectivity index (χ2v) is 3.15. The zero-order valence-electron chi connectivity index (χ0n) is 8.30. The van der Waals surface area contributed by atoms with E-state index in [1.165, 1.54) is 0 Å². The maximum atomic E-state index is 10.3. The lowest BCUT2D eigenvalue weighted by Gasteiger charge is -2.25. The molecular weight excluding hydrogens is 182 g/mol. The molecule has 1 atom stereocenters. The number of rotatable bonds is 4. The molecule has 0 aromatic heterocycles. The van der Waals surface area contributed by atoms with Crippen molar-refractivity contribution in [3.63, 3.8) is 0 Å². The normalized spacial score (nSPS) is 13.2. The van der Waals surface area contributed by atoms with Crippen LogP contribution < -0.4 is 0 Å². The lowest BCUT2D eigenvalue weighted by atomic mass is 10.1. The summed E-state index contributed by atoms with van der Waals surface area (Å²) in [6.07, 6.45) is 0.237. The number of benzene rings is 1. The molecule has 1 rings (SSSR count). The van der Waals surface area contributed by atoms with Gasteiger partial charge in [0.05, 0.1) is 0 Å². The first-order valence-electron chi connectivity index (χ1n) is 4.53. The summed E-state index contributed by atoms with van der Waals surface area (Å²) in [6.45, 7) is 3.87. The Balaban J connectivity index is 2.73. The van der Waals surface area contributed by atoms with Gasteiger partial charge < -0.3 is 10.4 Å². The molecule has 4 nitrogen and oxygen atoms in total. The van der Waals surface area contributed by atoms with Gasteiger partial charge in [0.2, 0.25) is 0 Å². The molecule has 0 aliphatic carbocycles. The summed E-state index contributed by atoms with van der Waals surface area (Å²) < 4.78 is 0. The summed E-state index contributed by atoms with van der Waals surface area (Å²) in [5.74, 6) is 0. The summed E-state index contributed by atoms with van der Waals surface area (Å²) in [7, 11) is 0. The highest BCUT2D eigenvalue weighted by Gasteiger charge is 2.09. The fourth-order valence-electron chi connectivity index (χ4n) is 1.26. The zero-order valence-corrected chi connectivity index (χ0v) is 8.30. The van der Waals surface area contributed by atoms with E-state index in [4.69, 9.17) is 5.21 Å². The van der Waals surface area contributed by atoms with Crippen molar-refractivity contribution in [2.45, 2.75) is 26.4 Å². The van der Waals surface area contributed by atoms with Gasteiger partial charge in [0.25, 0.3) is 0 Å². The van der Waals surface area contributed by atoms with E-state index in [-0.39, 0.29) is 0 Å². The standard InChI is InChI=1S/C10H14NO3/c1-3-10(14-11(12)13)9-6-4-8(2)5-7-9/h4-7,10,12H,3H2,1-2H3/q-1. The summed E-state index contributed by atoms with van der Waals surface area (Å²) in [5, 5.41) is 18.2. The van der Waals surface area contributed by atoms with Crippen LogP contribution >= 0.6 is 0 Å². The second-order valence-electron chi connectivity index (χ2n) is 3.15. The first-order chi connectivity index (χ1) is 6.63. The number of aryl methyl sites for hydroxylation is 1. The first-order valence-corrected chi connectivity index (χ1v) is 4.53. The van der Waals surface area contributed by atoms with Crippen LogP contribution in [-0.4, -0.2) is 10.6 Å². The van der Waals surface area contributed by atoms with Gasteiger partial charge in [0.15, 0.2) is 0 Å². The highest BCUT2D eigenvalue weighted by Crippen LogP contribution is 2.21. The molecule has 14 heavy (non-hydrogen) atoms. The predicted molar refractivity (Wildman–Crippen MR) is 52.3 cm³/mol. The van der Waals surface area contributed by atoms with Gasteiger partial charge in [-0.05, 0) is 18.9 Å². The van der Waals surface area contributed by atoms with Crippen molar-refractivity contribution in [3.8, 4) is 0 Å². The molecule has 0 amide bonds. The van der Waals surface area contributed by atoms with Crippen LogP contribution in [0, 0.1) is 12.1 Å². The minimum Gasteiger partial charge on any atom is -0.738 e. The van der Waals surface area contributed by atoms with Crippen molar-refractivity contribution < 1.29 is 10.0 Å². The van der Waals surface area contributed by atoms with Crippen LogP contribution in [0.25, 0.3) is 0 Å². The Kier molecular flexibility index (Phi) is 4.03. The van der Waals surface area contributed by atoms with E-state index in [0.29, 0.717) is 6.42 Å². The lowest BCUT2D eigenvalue weighted by Crippen LogP contribution is -2.15. The Morgan fingerprint density at radius 2 is 2.00 bits per heavy atom. The molecule has 78 valence electrons. The van der Waals surface area contributed by atoms with E-state index in [1.54, 1.807) is 0 Å². The molecule has 4 heteroatoms. The van der Waals surface area contributed by atoms with E-state index in [0.717, 1.165) is 11.1 Å². The van der Waals surface area contributed by atoms with Gasteiger partial charge >= 0.3 is 0 Å². The van der Waals surface area contributed by atoms with Crippen molar-refractivity contribution in [2.75, 3.05) is 0 Å². The zero-order chi connectivity index (χ0) is 10.6. The number of hydrogen-bond donors (Lipinski definition) is 1. The van der Waals surface area contributed by atoms with E-state index >= 15 is 0 Å². The van der Waals surface area contributed by atoms with E-state index in [2.05, 4.69) is 4.84 Å². The number of hydrogen-bond acceptors (Lipinski definition) is 4. The molecule has 0 radical (unpaired) electrons. The topological polar surface area (TPSA) is 55.8 Å². The average molecular weight is 196 g/mol. The molecule has 0 aliphatic heterocycles.